The maximum Gasteiger partial charge on any atom is 0.251 e. The van der Waals surface area contributed by atoms with E-state index in [2.05, 4.69) is 312 Å². The number of hydrogen-bond acceptors (Lipinski definition) is 4. The van der Waals surface area contributed by atoms with Crippen molar-refractivity contribution in [2.75, 3.05) is 28.8 Å². The standard InChI is InChI=1S/C83H94B4N3O/c1-46(2)55-38-59(49(7)8)76(60(39-55)50(9)10)85-68-34-26-29-37-73(68)91-74-45-72-65(44-69(74)85)84-75-81-79(86(66-32-24-27-35-70(66)89(81)58-30-22-21-23-31-58)77-61(51(11)12)40-56(47(3)4)41-62(77)52(13)14)83(88(19)20)80-82(75)90(72)71-36-28-25-33-67(71)87(80)78-63(53(15)16)42-57(48(5)6)43-64(78)54(17)18/h21-54H,1-20H3. The van der Waals surface area contributed by atoms with Crippen molar-refractivity contribution in [2.45, 2.75) is 178 Å². The van der Waals surface area contributed by atoms with Gasteiger partial charge in [0, 0.05) is 60.0 Å². The maximum absolute atomic E-state index is 7.44. The summed E-state index contributed by atoms with van der Waals surface area (Å²) in [5.74, 6) is 4.68. The van der Waals surface area contributed by atoms with Gasteiger partial charge in [0.15, 0.2) is 7.28 Å². The molecule has 8 heteroatoms. The van der Waals surface area contributed by atoms with E-state index in [1.807, 2.05) is 0 Å². The second-order valence-corrected chi connectivity index (χ2v) is 30.1. The quantitative estimate of drug-likeness (QED) is 0.101. The summed E-state index contributed by atoms with van der Waals surface area (Å²) in [4.78, 5) is 7.91. The predicted molar refractivity (Wildman–Crippen MR) is 402 cm³/mol. The van der Waals surface area contributed by atoms with Crippen molar-refractivity contribution in [1.82, 2.24) is 0 Å². The minimum absolute atomic E-state index is 0.0674. The summed E-state index contributed by atoms with van der Waals surface area (Å²) in [5.41, 5.74) is 36.0. The first kappa shape index (κ1) is 62.3. The lowest BCUT2D eigenvalue weighted by Crippen LogP contribution is -2.68. The average Bonchev–Trinajstić information content (AvgIpc) is 0.676. The Morgan fingerprint density at radius 1 is 0.341 bits per heavy atom. The summed E-state index contributed by atoms with van der Waals surface area (Å²) < 4.78 is 7.44. The Labute approximate surface area is 548 Å². The number of hydrogen-bond donors (Lipinski definition) is 0. The van der Waals surface area contributed by atoms with Gasteiger partial charge in [-0.3, -0.25) is 0 Å². The summed E-state index contributed by atoms with van der Waals surface area (Å²) >= 11 is 0. The predicted octanol–water partition coefficient (Wildman–Crippen LogP) is 15.1. The van der Waals surface area contributed by atoms with E-state index in [0.717, 1.165) is 22.9 Å². The molecule has 4 aliphatic rings. The average molecular weight is 1190 g/mol. The van der Waals surface area contributed by atoms with Gasteiger partial charge < -0.3 is 19.4 Å². The van der Waals surface area contributed by atoms with Crippen molar-refractivity contribution in [1.29, 1.82) is 0 Å². The van der Waals surface area contributed by atoms with Gasteiger partial charge in [-0.25, -0.2) is 0 Å². The van der Waals surface area contributed by atoms with Crippen molar-refractivity contribution < 1.29 is 4.74 Å². The van der Waals surface area contributed by atoms with Crippen LogP contribution in [0.25, 0.3) is 0 Å². The van der Waals surface area contributed by atoms with Crippen LogP contribution in [0.5, 0.6) is 11.5 Å². The van der Waals surface area contributed by atoms with E-state index in [1.165, 1.54) is 139 Å². The highest BCUT2D eigenvalue weighted by molar-refractivity contribution is 7.04. The Balaban J connectivity index is 1.24. The molecule has 0 spiro atoms. The first-order chi connectivity index (χ1) is 43.5. The van der Waals surface area contributed by atoms with Crippen LogP contribution in [0.2, 0.25) is 0 Å². The SMILES string of the molecule is CC(C)c1cc(C(C)C)c(B2c3ccccc3Oc3cc4c(cc32)[B]c2c3c(c(N(C)C)c5c2N4c2ccccc2B5c2c(C(C)C)cc(C(C)C)cc2C(C)C)B(c2c(C(C)C)cc(C(C)C)cc2C(C)C)c2ccccc2N3c2ccccc2)c(C(C)C)c1. The van der Waals surface area contributed by atoms with Crippen molar-refractivity contribution in [3.05, 3.63) is 202 Å². The highest BCUT2D eigenvalue weighted by atomic mass is 16.5. The molecule has 1 radical (unpaired) electrons. The molecule has 459 valence electrons. The molecule has 9 aromatic rings. The molecular formula is C83H94B4N3O. The summed E-state index contributed by atoms with van der Waals surface area (Å²) in [7, 11) is 7.34. The van der Waals surface area contributed by atoms with E-state index in [0.29, 0.717) is 29.6 Å². The summed E-state index contributed by atoms with van der Waals surface area (Å²) in [6, 6.07) is 59.6. The van der Waals surface area contributed by atoms with Gasteiger partial charge in [-0.2, -0.15) is 0 Å². The van der Waals surface area contributed by atoms with Gasteiger partial charge in [-0.15, -0.1) is 0 Å². The number of anilines is 7. The van der Waals surface area contributed by atoms with E-state index in [-0.39, 0.29) is 43.8 Å². The van der Waals surface area contributed by atoms with Crippen LogP contribution in [-0.2, 0) is 0 Å². The molecule has 0 saturated heterocycles. The number of nitrogens with zero attached hydrogens (tertiary/aromatic N) is 3. The second kappa shape index (κ2) is 23.8. The zero-order valence-corrected chi connectivity index (χ0v) is 58.2. The van der Waals surface area contributed by atoms with Crippen LogP contribution < -0.4 is 79.5 Å². The van der Waals surface area contributed by atoms with Gasteiger partial charge >= 0.3 is 0 Å². The van der Waals surface area contributed by atoms with Gasteiger partial charge in [0.25, 0.3) is 6.71 Å². The van der Waals surface area contributed by atoms with E-state index in [1.54, 1.807) is 0 Å². The molecule has 0 aliphatic carbocycles. The third-order valence-corrected chi connectivity index (χ3v) is 20.9. The number of ether oxygens (including phenoxy) is 1. The van der Waals surface area contributed by atoms with Gasteiger partial charge in [-0.1, -0.05) is 262 Å². The molecule has 4 heterocycles. The van der Waals surface area contributed by atoms with E-state index in [9.17, 15) is 0 Å². The zero-order valence-electron chi connectivity index (χ0n) is 58.2. The van der Waals surface area contributed by atoms with Crippen molar-refractivity contribution in [2.24, 2.45) is 0 Å². The summed E-state index contributed by atoms with van der Waals surface area (Å²) in [5, 5.41) is 0. The van der Waals surface area contributed by atoms with Crippen LogP contribution in [0, 0.1) is 0 Å². The smallest absolute Gasteiger partial charge is 0.251 e. The lowest BCUT2D eigenvalue weighted by Gasteiger charge is -2.49. The van der Waals surface area contributed by atoms with Gasteiger partial charge in [0.05, 0.1) is 0 Å². The molecule has 91 heavy (non-hydrogen) atoms. The fourth-order valence-electron chi connectivity index (χ4n) is 16.4. The number of para-hydroxylation sites is 4. The minimum Gasteiger partial charge on any atom is -0.458 e. The van der Waals surface area contributed by atoms with Crippen LogP contribution in [0.1, 0.15) is 228 Å². The minimum atomic E-state index is -0.129. The van der Waals surface area contributed by atoms with Crippen LogP contribution in [-0.4, -0.2) is 41.5 Å². The van der Waals surface area contributed by atoms with Crippen LogP contribution >= 0.6 is 0 Å². The van der Waals surface area contributed by atoms with Gasteiger partial charge in [0.2, 0.25) is 13.4 Å². The molecule has 0 fully saturated rings. The third kappa shape index (κ3) is 10.1. The number of rotatable bonds is 14. The number of fused-ring (bicyclic) bond motifs is 9. The van der Waals surface area contributed by atoms with Crippen LogP contribution in [0.3, 0.4) is 0 Å². The first-order valence-electron chi connectivity index (χ1n) is 34.5. The fourth-order valence-corrected chi connectivity index (χ4v) is 16.4. The normalized spacial score (nSPS) is 13.8. The Kier molecular flexibility index (Phi) is 16.3. The molecule has 0 amide bonds. The molecule has 4 aliphatic heterocycles. The van der Waals surface area contributed by atoms with Crippen molar-refractivity contribution in [3.63, 3.8) is 0 Å². The highest BCUT2D eigenvalue weighted by Gasteiger charge is 2.51. The van der Waals surface area contributed by atoms with E-state index in [4.69, 9.17) is 4.74 Å². The second-order valence-electron chi connectivity index (χ2n) is 30.1. The van der Waals surface area contributed by atoms with Crippen LogP contribution in [0.15, 0.2) is 152 Å². The third-order valence-electron chi connectivity index (χ3n) is 20.9. The molecule has 9 aromatic carbocycles. The van der Waals surface area contributed by atoms with Gasteiger partial charge in [-0.05, 0) is 172 Å². The highest BCUT2D eigenvalue weighted by Crippen LogP contribution is 2.47. The molecule has 4 nitrogen and oxygen atoms in total. The Bertz CT molecular complexity index is 4240. The fraction of sp³-hybridized carbons (Fsp3) is 0.349. The monoisotopic (exact) mass is 1190 g/mol. The molecule has 0 N–H and O–H groups in total. The Hall–Kier alpha value is -7.56. The first-order valence-corrected chi connectivity index (χ1v) is 34.5. The number of benzene rings is 9. The largest absolute Gasteiger partial charge is 0.458 e. The molecule has 0 aromatic heterocycles. The lowest BCUT2D eigenvalue weighted by molar-refractivity contribution is 0.487. The zero-order chi connectivity index (χ0) is 64.5. The summed E-state index contributed by atoms with van der Waals surface area (Å²) in [6.07, 6.45) is 0. The topological polar surface area (TPSA) is 19.0 Å². The molecule has 13 rings (SSSR count). The van der Waals surface area contributed by atoms with Gasteiger partial charge in [0.1, 0.15) is 11.5 Å². The van der Waals surface area contributed by atoms with Crippen molar-refractivity contribution in [3.8, 4) is 11.5 Å². The van der Waals surface area contributed by atoms with E-state index >= 15 is 0 Å². The molecule has 0 bridgehead atoms. The lowest BCUT2D eigenvalue weighted by atomic mass is 9.28. The Morgan fingerprint density at radius 3 is 1.13 bits per heavy atom. The summed E-state index contributed by atoms with van der Waals surface area (Å²) in [6.45, 7) is 42.9. The molecule has 0 atom stereocenters. The van der Waals surface area contributed by atoms with Crippen molar-refractivity contribution >= 4 is 127 Å². The Morgan fingerprint density at radius 2 is 0.714 bits per heavy atom. The van der Waals surface area contributed by atoms with E-state index < -0.39 is 0 Å². The molecule has 0 saturated carbocycles. The maximum atomic E-state index is 7.44. The van der Waals surface area contributed by atoms with Crippen LogP contribution in [0.4, 0.5) is 39.8 Å². The molecular weight excluding hydrogens is 1100 g/mol. The molecule has 0 unspecified atom stereocenters.